The molecular weight excluding hydrogens is 255 g/mol. The Morgan fingerprint density at radius 2 is 1.94 bits per heavy atom. The van der Waals surface area contributed by atoms with Crippen molar-refractivity contribution in [2.24, 2.45) is 0 Å². The van der Waals surface area contributed by atoms with Crippen LogP contribution in [0, 0.1) is 0 Å². The standard InChI is InChI=1S/C10H10F3NS2/c11-10(12,13)16-8-3-1-7(2-4-8)9-14-5-6-15-9/h1-4,9,14H,5-6H2. The number of halogens is 3. The Labute approximate surface area is 100 Å². The van der Waals surface area contributed by atoms with Crippen LogP contribution in [0.1, 0.15) is 10.9 Å². The first-order valence-corrected chi connectivity index (χ1v) is 6.62. The Morgan fingerprint density at radius 1 is 1.25 bits per heavy atom. The Kier molecular flexibility index (Phi) is 3.71. The number of benzene rings is 1. The van der Waals surface area contributed by atoms with Gasteiger partial charge in [-0.3, -0.25) is 0 Å². The number of rotatable bonds is 2. The Balaban J connectivity index is 2.04. The molecule has 0 saturated carbocycles. The molecule has 0 spiro atoms. The van der Waals surface area contributed by atoms with E-state index in [4.69, 9.17) is 0 Å². The van der Waals surface area contributed by atoms with Crippen LogP contribution in [0.25, 0.3) is 0 Å². The molecular formula is C10H10F3NS2. The van der Waals surface area contributed by atoms with Gasteiger partial charge in [-0.05, 0) is 29.5 Å². The van der Waals surface area contributed by atoms with Crippen LogP contribution in [-0.4, -0.2) is 17.8 Å². The maximum Gasteiger partial charge on any atom is 0.446 e. The highest BCUT2D eigenvalue weighted by Gasteiger charge is 2.29. The molecule has 1 unspecified atom stereocenters. The minimum Gasteiger partial charge on any atom is -0.301 e. The van der Waals surface area contributed by atoms with E-state index in [2.05, 4.69) is 5.32 Å². The van der Waals surface area contributed by atoms with E-state index >= 15 is 0 Å². The molecule has 1 aromatic carbocycles. The summed E-state index contributed by atoms with van der Waals surface area (Å²) in [6.45, 7) is 0.953. The van der Waals surface area contributed by atoms with Crippen molar-refractivity contribution in [1.82, 2.24) is 5.32 Å². The SMILES string of the molecule is FC(F)(F)Sc1ccc(C2NCCS2)cc1. The number of nitrogens with one attached hydrogen (secondary N) is 1. The van der Waals surface area contributed by atoms with E-state index in [0.29, 0.717) is 0 Å². The zero-order valence-electron chi connectivity index (χ0n) is 8.25. The molecule has 1 fully saturated rings. The summed E-state index contributed by atoms with van der Waals surface area (Å²) in [4.78, 5) is 0.235. The van der Waals surface area contributed by atoms with Crippen LogP contribution in [0.15, 0.2) is 29.2 Å². The van der Waals surface area contributed by atoms with Gasteiger partial charge in [0.05, 0.1) is 5.37 Å². The van der Waals surface area contributed by atoms with Crippen molar-refractivity contribution in [2.45, 2.75) is 15.8 Å². The number of hydrogen-bond donors (Lipinski definition) is 1. The molecule has 0 amide bonds. The highest BCUT2D eigenvalue weighted by molar-refractivity contribution is 8.00. The van der Waals surface area contributed by atoms with Crippen LogP contribution in [0.3, 0.4) is 0 Å². The average molecular weight is 265 g/mol. The van der Waals surface area contributed by atoms with Crippen molar-refractivity contribution in [3.63, 3.8) is 0 Å². The van der Waals surface area contributed by atoms with Crippen LogP contribution in [0.2, 0.25) is 0 Å². The first-order chi connectivity index (χ1) is 7.54. The van der Waals surface area contributed by atoms with Gasteiger partial charge in [-0.15, -0.1) is 11.8 Å². The molecule has 16 heavy (non-hydrogen) atoms. The van der Waals surface area contributed by atoms with Crippen molar-refractivity contribution >= 4 is 23.5 Å². The van der Waals surface area contributed by atoms with Gasteiger partial charge in [0.15, 0.2) is 0 Å². The summed E-state index contributed by atoms with van der Waals surface area (Å²) >= 11 is 1.70. The Morgan fingerprint density at radius 3 is 2.44 bits per heavy atom. The molecule has 0 aromatic heterocycles. The van der Waals surface area contributed by atoms with Gasteiger partial charge in [-0.1, -0.05) is 12.1 Å². The smallest absolute Gasteiger partial charge is 0.301 e. The average Bonchev–Trinajstić information content (AvgIpc) is 2.69. The lowest BCUT2D eigenvalue weighted by molar-refractivity contribution is -0.0328. The first-order valence-electron chi connectivity index (χ1n) is 4.75. The summed E-state index contributed by atoms with van der Waals surface area (Å²) in [5.41, 5.74) is -3.17. The molecule has 2 rings (SSSR count). The maximum atomic E-state index is 12.1. The van der Waals surface area contributed by atoms with Crippen LogP contribution in [0.5, 0.6) is 0 Å². The first kappa shape index (κ1) is 12.1. The van der Waals surface area contributed by atoms with Crippen LogP contribution in [-0.2, 0) is 0 Å². The van der Waals surface area contributed by atoms with Gasteiger partial charge in [0.25, 0.3) is 0 Å². The minimum absolute atomic E-state index is 0.0752. The summed E-state index contributed by atoms with van der Waals surface area (Å²) in [5, 5.41) is 3.50. The van der Waals surface area contributed by atoms with E-state index in [-0.39, 0.29) is 22.0 Å². The molecule has 6 heteroatoms. The third-order valence-electron chi connectivity index (χ3n) is 2.13. The molecule has 0 aliphatic carbocycles. The van der Waals surface area contributed by atoms with E-state index in [1.54, 1.807) is 23.9 Å². The highest BCUT2D eigenvalue weighted by atomic mass is 32.2. The third kappa shape index (κ3) is 3.33. The third-order valence-corrected chi connectivity index (χ3v) is 4.08. The van der Waals surface area contributed by atoms with Crippen LogP contribution >= 0.6 is 23.5 Å². The normalized spacial score (nSPS) is 21.3. The molecule has 1 atom stereocenters. The predicted octanol–water partition coefficient (Wildman–Crippen LogP) is 3.63. The molecule has 1 nitrogen and oxygen atoms in total. The molecule has 1 aliphatic heterocycles. The summed E-state index contributed by atoms with van der Waals surface area (Å²) < 4.78 is 36.3. The second-order valence-electron chi connectivity index (χ2n) is 3.32. The molecule has 0 bridgehead atoms. The van der Waals surface area contributed by atoms with Crippen LogP contribution in [0.4, 0.5) is 13.2 Å². The maximum absolute atomic E-state index is 12.1. The predicted molar refractivity (Wildman–Crippen MR) is 61.6 cm³/mol. The van der Waals surface area contributed by atoms with Crippen molar-refractivity contribution in [3.05, 3.63) is 29.8 Å². The molecule has 88 valence electrons. The van der Waals surface area contributed by atoms with E-state index in [0.717, 1.165) is 17.9 Å². The summed E-state index contributed by atoms with van der Waals surface area (Å²) in [5.74, 6) is 1.05. The minimum atomic E-state index is -4.21. The molecule has 1 aromatic rings. The zero-order chi connectivity index (χ0) is 11.6. The van der Waals surface area contributed by atoms with Gasteiger partial charge in [0.1, 0.15) is 0 Å². The Bertz CT molecular complexity index is 344. The quantitative estimate of drug-likeness (QED) is 0.820. The summed E-state index contributed by atoms with van der Waals surface area (Å²) in [6.07, 6.45) is 0. The molecule has 1 N–H and O–H groups in total. The summed E-state index contributed by atoms with van der Waals surface area (Å²) in [7, 11) is 0. The lowest BCUT2D eigenvalue weighted by Gasteiger charge is -2.11. The van der Waals surface area contributed by atoms with E-state index in [1.807, 2.05) is 0 Å². The monoisotopic (exact) mass is 265 g/mol. The number of thioether (sulfide) groups is 2. The fourth-order valence-corrected chi connectivity index (χ4v) is 3.08. The largest absolute Gasteiger partial charge is 0.446 e. The fourth-order valence-electron chi connectivity index (χ4n) is 1.48. The zero-order valence-corrected chi connectivity index (χ0v) is 9.88. The van der Waals surface area contributed by atoms with Crippen molar-refractivity contribution in [2.75, 3.05) is 12.3 Å². The van der Waals surface area contributed by atoms with Gasteiger partial charge in [-0.2, -0.15) is 13.2 Å². The van der Waals surface area contributed by atoms with E-state index in [1.165, 1.54) is 12.1 Å². The molecule has 0 radical (unpaired) electrons. The van der Waals surface area contributed by atoms with Crippen LogP contribution < -0.4 is 5.32 Å². The van der Waals surface area contributed by atoms with E-state index < -0.39 is 5.51 Å². The molecule has 1 saturated heterocycles. The van der Waals surface area contributed by atoms with E-state index in [9.17, 15) is 13.2 Å². The van der Waals surface area contributed by atoms with Crippen molar-refractivity contribution in [3.8, 4) is 0 Å². The highest BCUT2D eigenvalue weighted by Crippen LogP contribution is 2.38. The topological polar surface area (TPSA) is 12.0 Å². The van der Waals surface area contributed by atoms with Gasteiger partial charge in [0.2, 0.25) is 0 Å². The number of hydrogen-bond acceptors (Lipinski definition) is 3. The number of alkyl halides is 3. The summed E-state index contributed by atoms with van der Waals surface area (Å²) in [6, 6.07) is 6.55. The van der Waals surface area contributed by atoms with Gasteiger partial charge < -0.3 is 5.32 Å². The second kappa shape index (κ2) is 4.89. The Hall–Kier alpha value is -0.330. The second-order valence-corrected chi connectivity index (χ2v) is 5.67. The van der Waals surface area contributed by atoms with Crippen molar-refractivity contribution < 1.29 is 13.2 Å². The van der Waals surface area contributed by atoms with Crippen molar-refractivity contribution in [1.29, 1.82) is 0 Å². The van der Waals surface area contributed by atoms with Gasteiger partial charge in [-0.25, -0.2) is 0 Å². The lowest BCUT2D eigenvalue weighted by atomic mass is 10.2. The fraction of sp³-hybridized carbons (Fsp3) is 0.400. The molecule has 1 aliphatic rings. The molecule has 1 heterocycles. The van der Waals surface area contributed by atoms with Gasteiger partial charge >= 0.3 is 5.51 Å². The lowest BCUT2D eigenvalue weighted by Crippen LogP contribution is -2.11. The van der Waals surface area contributed by atoms with Gasteiger partial charge in [0, 0.05) is 17.2 Å².